The average Bonchev–Trinajstić information content (AvgIpc) is 3.07. The van der Waals surface area contributed by atoms with E-state index in [2.05, 4.69) is 9.72 Å². The number of hydrogen-bond donors (Lipinski definition) is 0. The largest absolute Gasteiger partial charge is 0.468 e. The molecule has 0 aliphatic rings. The Morgan fingerprint density at radius 1 is 1.42 bits per heavy atom. The number of thiazole rings is 1. The van der Waals surface area contributed by atoms with E-state index in [9.17, 15) is 9.59 Å². The zero-order valence-corrected chi connectivity index (χ0v) is 12.1. The van der Waals surface area contributed by atoms with Crippen LogP contribution in [0.2, 0.25) is 0 Å². The molecular weight excluding hydrogens is 284 g/mol. The van der Waals surface area contributed by atoms with E-state index in [-0.39, 0.29) is 12.5 Å². The number of esters is 1. The van der Waals surface area contributed by atoms with E-state index >= 15 is 0 Å². The van der Waals surface area contributed by atoms with Crippen molar-refractivity contribution in [1.29, 1.82) is 0 Å². The third kappa shape index (κ3) is 3.18. The number of carbonyl (C=O) groups is 2. The molecule has 2 heterocycles. The van der Waals surface area contributed by atoms with Gasteiger partial charge in [0.15, 0.2) is 0 Å². The molecule has 100 valence electrons. The van der Waals surface area contributed by atoms with E-state index in [0.29, 0.717) is 5.69 Å². The second kappa shape index (κ2) is 5.94. The lowest BCUT2D eigenvalue weighted by Crippen LogP contribution is -2.32. The van der Waals surface area contributed by atoms with Crippen LogP contribution in [-0.2, 0) is 9.53 Å². The quantitative estimate of drug-likeness (QED) is 0.811. The van der Waals surface area contributed by atoms with Crippen molar-refractivity contribution in [1.82, 2.24) is 9.88 Å². The summed E-state index contributed by atoms with van der Waals surface area (Å²) in [5.41, 5.74) is 1.35. The first-order valence-electron chi connectivity index (χ1n) is 5.42. The number of carbonyl (C=O) groups excluding carboxylic acids is 2. The number of methoxy groups -OCH3 is 1. The van der Waals surface area contributed by atoms with Crippen LogP contribution in [0.25, 0.3) is 10.6 Å². The molecule has 0 unspecified atom stereocenters. The minimum absolute atomic E-state index is 0.0827. The maximum Gasteiger partial charge on any atom is 0.325 e. The van der Waals surface area contributed by atoms with Gasteiger partial charge >= 0.3 is 5.97 Å². The van der Waals surface area contributed by atoms with Crippen LogP contribution >= 0.6 is 22.7 Å². The van der Waals surface area contributed by atoms with Crippen LogP contribution in [0.15, 0.2) is 22.2 Å². The van der Waals surface area contributed by atoms with Gasteiger partial charge in [-0.1, -0.05) is 0 Å². The second-order valence-corrected chi connectivity index (χ2v) is 5.43. The summed E-state index contributed by atoms with van der Waals surface area (Å²) in [7, 11) is 2.83. The fourth-order valence-corrected chi connectivity index (χ4v) is 2.92. The normalized spacial score (nSPS) is 10.2. The summed E-state index contributed by atoms with van der Waals surface area (Å²) in [4.78, 5) is 28.7. The molecule has 7 heteroatoms. The van der Waals surface area contributed by atoms with Gasteiger partial charge in [-0.05, 0) is 11.4 Å². The minimum Gasteiger partial charge on any atom is -0.468 e. The molecule has 0 N–H and O–H groups in total. The number of ether oxygens (including phenoxy) is 1. The number of aromatic nitrogens is 1. The van der Waals surface area contributed by atoms with E-state index in [1.807, 2.05) is 16.8 Å². The van der Waals surface area contributed by atoms with Crippen molar-refractivity contribution < 1.29 is 14.3 Å². The van der Waals surface area contributed by atoms with Crippen LogP contribution in [0.3, 0.4) is 0 Å². The van der Waals surface area contributed by atoms with E-state index in [1.54, 1.807) is 23.8 Å². The van der Waals surface area contributed by atoms with Crippen LogP contribution in [-0.4, -0.2) is 42.5 Å². The fourth-order valence-electron chi connectivity index (χ4n) is 1.42. The number of thiophene rings is 1. The molecule has 1 amide bonds. The number of hydrogen-bond acceptors (Lipinski definition) is 6. The Morgan fingerprint density at radius 2 is 2.21 bits per heavy atom. The van der Waals surface area contributed by atoms with Crippen molar-refractivity contribution in [3.8, 4) is 10.6 Å². The number of rotatable bonds is 4. The highest BCUT2D eigenvalue weighted by atomic mass is 32.1. The van der Waals surface area contributed by atoms with Gasteiger partial charge in [-0.2, -0.15) is 11.3 Å². The number of likely N-dealkylation sites (N-methyl/N-ethyl adjacent to an activating group) is 1. The average molecular weight is 296 g/mol. The molecule has 0 spiro atoms. The van der Waals surface area contributed by atoms with Gasteiger partial charge in [0, 0.05) is 23.4 Å². The maximum atomic E-state index is 12.0. The summed E-state index contributed by atoms with van der Waals surface area (Å²) >= 11 is 2.99. The van der Waals surface area contributed by atoms with Crippen molar-refractivity contribution in [3.05, 3.63) is 27.9 Å². The molecule has 0 bridgehead atoms. The van der Waals surface area contributed by atoms with Gasteiger partial charge in [0.05, 0.1) is 7.11 Å². The zero-order valence-electron chi connectivity index (χ0n) is 10.5. The van der Waals surface area contributed by atoms with Gasteiger partial charge in [0.25, 0.3) is 5.91 Å². The molecule has 19 heavy (non-hydrogen) atoms. The van der Waals surface area contributed by atoms with Gasteiger partial charge in [-0.3, -0.25) is 9.59 Å². The van der Waals surface area contributed by atoms with E-state index in [1.165, 1.54) is 23.3 Å². The molecule has 0 aromatic carbocycles. The Hall–Kier alpha value is -1.73. The molecule has 0 saturated heterocycles. The summed E-state index contributed by atoms with van der Waals surface area (Å²) in [5.74, 6) is -0.743. The molecule has 0 atom stereocenters. The first-order valence-corrected chi connectivity index (χ1v) is 7.24. The lowest BCUT2D eigenvalue weighted by Gasteiger charge is -2.13. The monoisotopic (exact) mass is 296 g/mol. The Balaban J connectivity index is 2.10. The highest BCUT2D eigenvalue weighted by Gasteiger charge is 2.18. The first kappa shape index (κ1) is 13.7. The van der Waals surface area contributed by atoms with Gasteiger partial charge in [0.1, 0.15) is 17.2 Å². The van der Waals surface area contributed by atoms with Crippen LogP contribution in [0.1, 0.15) is 10.5 Å². The van der Waals surface area contributed by atoms with Gasteiger partial charge < -0.3 is 9.64 Å². The van der Waals surface area contributed by atoms with Crippen molar-refractivity contribution in [3.63, 3.8) is 0 Å². The van der Waals surface area contributed by atoms with E-state index in [0.717, 1.165) is 10.6 Å². The molecular formula is C12H12N2O3S2. The van der Waals surface area contributed by atoms with Gasteiger partial charge in [-0.25, -0.2) is 4.98 Å². The number of nitrogens with zero attached hydrogens (tertiary/aromatic N) is 2. The highest BCUT2D eigenvalue weighted by molar-refractivity contribution is 7.14. The van der Waals surface area contributed by atoms with Crippen LogP contribution in [0, 0.1) is 0 Å². The second-order valence-electron chi connectivity index (χ2n) is 3.79. The molecule has 0 aliphatic carbocycles. The van der Waals surface area contributed by atoms with Crippen molar-refractivity contribution in [2.24, 2.45) is 0 Å². The Kier molecular flexibility index (Phi) is 4.28. The summed E-state index contributed by atoms with van der Waals surface area (Å²) < 4.78 is 4.52. The molecule has 2 aromatic heterocycles. The molecule has 0 radical (unpaired) electrons. The molecule has 0 fully saturated rings. The van der Waals surface area contributed by atoms with Crippen LogP contribution < -0.4 is 0 Å². The molecule has 2 aromatic rings. The Labute approximate surface area is 118 Å². The Bertz CT molecular complexity index is 578. The predicted octanol–water partition coefficient (Wildman–Crippen LogP) is 2.12. The van der Waals surface area contributed by atoms with Crippen molar-refractivity contribution in [2.45, 2.75) is 0 Å². The zero-order chi connectivity index (χ0) is 13.8. The molecule has 0 saturated carbocycles. The third-order valence-corrected chi connectivity index (χ3v) is 4.01. The van der Waals surface area contributed by atoms with Gasteiger partial charge in [0.2, 0.25) is 0 Å². The third-order valence-electron chi connectivity index (χ3n) is 2.43. The fraction of sp³-hybridized carbons (Fsp3) is 0.250. The van der Waals surface area contributed by atoms with Gasteiger partial charge in [-0.15, -0.1) is 11.3 Å². The summed E-state index contributed by atoms with van der Waals surface area (Å²) in [6, 6.07) is 1.95. The van der Waals surface area contributed by atoms with Crippen LogP contribution in [0.4, 0.5) is 0 Å². The molecule has 2 rings (SSSR count). The summed E-state index contributed by atoms with van der Waals surface area (Å²) in [5, 5.41) is 6.44. The molecule has 0 aliphatic heterocycles. The standard InChI is InChI=1S/C12H12N2O3S2/c1-14(5-10(15)17-2)12(16)9-7-19-11(13-9)8-3-4-18-6-8/h3-4,6-7H,5H2,1-2H3. The Morgan fingerprint density at radius 3 is 2.84 bits per heavy atom. The van der Waals surface area contributed by atoms with Crippen molar-refractivity contribution in [2.75, 3.05) is 20.7 Å². The number of amides is 1. The molecule has 5 nitrogen and oxygen atoms in total. The van der Waals surface area contributed by atoms with E-state index in [4.69, 9.17) is 0 Å². The van der Waals surface area contributed by atoms with Crippen LogP contribution in [0.5, 0.6) is 0 Å². The van der Waals surface area contributed by atoms with Crippen molar-refractivity contribution >= 4 is 34.6 Å². The first-order chi connectivity index (χ1) is 9.11. The van der Waals surface area contributed by atoms with E-state index < -0.39 is 5.97 Å². The predicted molar refractivity (Wildman–Crippen MR) is 74.4 cm³/mol. The summed E-state index contributed by atoms with van der Waals surface area (Å²) in [6.45, 7) is -0.0827. The smallest absolute Gasteiger partial charge is 0.325 e. The minimum atomic E-state index is -0.455. The topological polar surface area (TPSA) is 59.5 Å². The SMILES string of the molecule is COC(=O)CN(C)C(=O)c1csc(-c2ccsc2)n1. The lowest BCUT2D eigenvalue weighted by atomic mass is 10.3. The maximum absolute atomic E-state index is 12.0. The highest BCUT2D eigenvalue weighted by Crippen LogP contribution is 2.25. The lowest BCUT2D eigenvalue weighted by molar-refractivity contribution is -0.141. The summed E-state index contributed by atoms with van der Waals surface area (Å²) in [6.07, 6.45) is 0.